The summed E-state index contributed by atoms with van der Waals surface area (Å²) < 4.78 is 16.3. The molecule has 2 unspecified atom stereocenters. The van der Waals surface area contributed by atoms with Crippen LogP contribution in [0.4, 0.5) is 0 Å². The Hall–Kier alpha value is -1.12. The SMILES string of the molecule is CCCOC(=O)CC1CC(CC#N)OC(C)(C)O1. The topological polar surface area (TPSA) is 68.6 Å². The highest BCUT2D eigenvalue weighted by atomic mass is 16.7. The molecular weight excluding hydrogens is 234 g/mol. The third kappa shape index (κ3) is 5.03. The van der Waals surface area contributed by atoms with Gasteiger partial charge in [-0.1, -0.05) is 6.92 Å². The van der Waals surface area contributed by atoms with Gasteiger partial charge in [-0.2, -0.15) is 5.26 Å². The number of rotatable bonds is 5. The van der Waals surface area contributed by atoms with Crippen LogP contribution in [0.5, 0.6) is 0 Å². The molecule has 0 aliphatic carbocycles. The quantitative estimate of drug-likeness (QED) is 0.704. The van der Waals surface area contributed by atoms with Crippen molar-refractivity contribution in [3.63, 3.8) is 0 Å². The molecule has 5 nitrogen and oxygen atoms in total. The van der Waals surface area contributed by atoms with Gasteiger partial charge >= 0.3 is 5.97 Å². The second kappa shape index (κ2) is 6.72. The number of carbonyl (C=O) groups excluding carboxylic acids is 1. The third-order valence-electron chi connectivity index (χ3n) is 2.61. The molecule has 1 aliphatic rings. The lowest BCUT2D eigenvalue weighted by molar-refractivity contribution is -0.298. The first-order valence-corrected chi connectivity index (χ1v) is 6.35. The number of nitriles is 1. The minimum absolute atomic E-state index is 0.178. The van der Waals surface area contributed by atoms with Gasteiger partial charge in [0.25, 0.3) is 0 Å². The molecular formula is C13H21NO4. The molecule has 2 atom stereocenters. The van der Waals surface area contributed by atoms with E-state index in [1.807, 2.05) is 6.92 Å². The lowest BCUT2D eigenvalue weighted by Gasteiger charge is -2.39. The summed E-state index contributed by atoms with van der Waals surface area (Å²) in [6.07, 6.45) is 1.47. The highest BCUT2D eigenvalue weighted by Gasteiger charge is 2.36. The molecule has 5 heteroatoms. The van der Waals surface area contributed by atoms with Crippen molar-refractivity contribution in [2.75, 3.05) is 6.61 Å². The van der Waals surface area contributed by atoms with Crippen LogP contribution in [0.15, 0.2) is 0 Å². The number of hydrogen-bond acceptors (Lipinski definition) is 5. The van der Waals surface area contributed by atoms with Gasteiger partial charge in [-0.25, -0.2) is 0 Å². The van der Waals surface area contributed by atoms with Gasteiger partial charge in [0, 0.05) is 6.42 Å². The zero-order valence-corrected chi connectivity index (χ0v) is 11.3. The van der Waals surface area contributed by atoms with Crippen LogP contribution < -0.4 is 0 Å². The fourth-order valence-corrected chi connectivity index (χ4v) is 2.03. The van der Waals surface area contributed by atoms with E-state index in [1.165, 1.54) is 0 Å². The van der Waals surface area contributed by atoms with Crippen molar-refractivity contribution in [1.29, 1.82) is 5.26 Å². The minimum Gasteiger partial charge on any atom is -0.466 e. The maximum absolute atomic E-state index is 11.5. The lowest BCUT2D eigenvalue weighted by atomic mass is 10.0. The summed E-state index contributed by atoms with van der Waals surface area (Å²) in [5, 5.41) is 8.71. The number of esters is 1. The van der Waals surface area contributed by atoms with Crippen molar-refractivity contribution in [1.82, 2.24) is 0 Å². The maximum Gasteiger partial charge on any atom is 0.308 e. The van der Waals surface area contributed by atoms with E-state index < -0.39 is 5.79 Å². The molecule has 0 radical (unpaired) electrons. The number of nitrogens with zero attached hydrogens (tertiary/aromatic N) is 1. The molecule has 0 N–H and O–H groups in total. The Morgan fingerprint density at radius 1 is 1.44 bits per heavy atom. The molecule has 0 aromatic heterocycles. The van der Waals surface area contributed by atoms with E-state index in [1.54, 1.807) is 13.8 Å². The largest absolute Gasteiger partial charge is 0.466 e. The van der Waals surface area contributed by atoms with Gasteiger partial charge in [-0.05, 0) is 20.3 Å². The molecule has 18 heavy (non-hydrogen) atoms. The van der Waals surface area contributed by atoms with Crippen LogP contribution >= 0.6 is 0 Å². The molecule has 0 aromatic carbocycles. The maximum atomic E-state index is 11.5. The summed E-state index contributed by atoms with van der Waals surface area (Å²) in [6.45, 7) is 5.97. The van der Waals surface area contributed by atoms with E-state index in [2.05, 4.69) is 6.07 Å². The Balaban J connectivity index is 2.49. The molecule has 0 bridgehead atoms. The van der Waals surface area contributed by atoms with Crippen molar-refractivity contribution in [3.8, 4) is 6.07 Å². The van der Waals surface area contributed by atoms with E-state index in [-0.39, 0.29) is 24.6 Å². The summed E-state index contributed by atoms with van der Waals surface area (Å²) in [5.74, 6) is -1.01. The summed E-state index contributed by atoms with van der Waals surface area (Å²) in [4.78, 5) is 11.5. The summed E-state index contributed by atoms with van der Waals surface area (Å²) in [7, 11) is 0. The normalized spacial score (nSPS) is 26.3. The Labute approximate surface area is 108 Å². The zero-order chi connectivity index (χ0) is 13.6. The second-order valence-electron chi connectivity index (χ2n) is 4.90. The van der Waals surface area contributed by atoms with Crippen LogP contribution in [0.1, 0.15) is 46.5 Å². The van der Waals surface area contributed by atoms with Gasteiger partial charge in [0.15, 0.2) is 5.79 Å². The highest BCUT2D eigenvalue weighted by molar-refractivity contribution is 5.69. The fourth-order valence-electron chi connectivity index (χ4n) is 2.03. The average molecular weight is 255 g/mol. The minimum atomic E-state index is -0.754. The van der Waals surface area contributed by atoms with Crippen LogP contribution in [-0.2, 0) is 19.0 Å². The van der Waals surface area contributed by atoms with Gasteiger partial charge in [0.05, 0.1) is 37.7 Å². The molecule has 1 saturated heterocycles. The molecule has 0 spiro atoms. The fraction of sp³-hybridized carbons (Fsp3) is 0.846. The number of carbonyl (C=O) groups is 1. The van der Waals surface area contributed by atoms with E-state index in [4.69, 9.17) is 19.5 Å². The monoisotopic (exact) mass is 255 g/mol. The molecule has 1 rings (SSSR count). The van der Waals surface area contributed by atoms with Gasteiger partial charge in [-0.3, -0.25) is 4.79 Å². The predicted molar refractivity (Wildman–Crippen MR) is 64.5 cm³/mol. The first kappa shape index (κ1) is 14.9. The Kier molecular flexibility index (Phi) is 5.57. The predicted octanol–water partition coefficient (Wildman–Crippen LogP) is 2.15. The molecule has 0 amide bonds. The first-order valence-electron chi connectivity index (χ1n) is 6.35. The average Bonchev–Trinajstić information content (AvgIpc) is 2.24. The standard InChI is InChI=1S/C13H21NO4/c1-4-7-16-12(15)9-11-8-10(5-6-14)17-13(2,3)18-11/h10-11H,4-5,7-9H2,1-3H3. The van der Waals surface area contributed by atoms with E-state index in [0.717, 1.165) is 6.42 Å². The van der Waals surface area contributed by atoms with Gasteiger partial charge in [-0.15, -0.1) is 0 Å². The molecule has 0 saturated carbocycles. The van der Waals surface area contributed by atoms with Crippen LogP contribution in [0, 0.1) is 11.3 Å². The Morgan fingerprint density at radius 3 is 2.72 bits per heavy atom. The summed E-state index contributed by atoms with van der Waals surface area (Å²) in [6, 6.07) is 2.09. The van der Waals surface area contributed by atoms with Crippen molar-refractivity contribution in [2.24, 2.45) is 0 Å². The van der Waals surface area contributed by atoms with Gasteiger partial charge in [0.2, 0.25) is 0 Å². The Morgan fingerprint density at radius 2 is 2.11 bits per heavy atom. The third-order valence-corrected chi connectivity index (χ3v) is 2.61. The molecule has 1 aliphatic heterocycles. The molecule has 102 valence electrons. The number of ether oxygens (including phenoxy) is 3. The zero-order valence-electron chi connectivity index (χ0n) is 11.3. The molecule has 1 heterocycles. The van der Waals surface area contributed by atoms with Crippen molar-refractivity contribution >= 4 is 5.97 Å². The van der Waals surface area contributed by atoms with Crippen molar-refractivity contribution in [3.05, 3.63) is 0 Å². The first-order chi connectivity index (χ1) is 8.46. The molecule has 0 aromatic rings. The Bertz CT molecular complexity index is 321. The van der Waals surface area contributed by atoms with Crippen LogP contribution in [-0.4, -0.2) is 30.6 Å². The molecule has 1 fully saturated rings. The highest BCUT2D eigenvalue weighted by Crippen LogP contribution is 2.29. The van der Waals surface area contributed by atoms with Crippen LogP contribution in [0.25, 0.3) is 0 Å². The van der Waals surface area contributed by atoms with Crippen molar-refractivity contribution in [2.45, 2.75) is 64.4 Å². The van der Waals surface area contributed by atoms with Crippen LogP contribution in [0.3, 0.4) is 0 Å². The van der Waals surface area contributed by atoms with E-state index >= 15 is 0 Å². The van der Waals surface area contributed by atoms with Gasteiger partial charge in [0.1, 0.15) is 0 Å². The number of hydrogen-bond donors (Lipinski definition) is 0. The van der Waals surface area contributed by atoms with Gasteiger partial charge < -0.3 is 14.2 Å². The van der Waals surface area contributed by atoms with E-state index in [9.17, 15) is 4.79 Å². The summed E-state index contributed by atoms with van der Waals surface area (Å²) in [5.41, 5.74) is 0. The van der Waals surface area contributed by atoms with Crippen LogP contribution in [0.2, 0.25) is 0 Å². The second-order valence-corrected chi connectivity index (χ2v) is 4.90. The van der Waals surface area contributed by atoms with E-state index in [0.29, 0.717) is 19.4 Å². The lowest BCUT2D eigenvalue weighted by Crippen LogP contribution is -2.45. The smallest absolute Gasteiger partial charge is 0.308 e. The summed E-state index contributed by atoms with van der Waals surface area (Å²) >= 11 is 0. The van der Waals surface area contributed by atoms with Crippen molar-refractivity contribution < 1.29 is 19.0 Å².